The summed E-state index contributed by atoms with van der Waals surface area (Å²) < 4.78 is 39.2. The van der Waals surface area contributed by atoms with E-state index in [9.17, 15) is 18.1 Å². The molecule has 5 nitrogen and oxygen atoms in total. The maximum atomic E-state index is 12.2. The third-order valence-electron chi connectivity index (χ3n) is 5.44. The van der Waals surface area contributed by atoms with E-state index in [1.54, 1.807) is 12.1 Å². The van der Waals surface area contributed by atoms with Crippen LogP contribution in [0.2, 0.25) is 0 Å². The van der Waals surface area contributed by atoms with Gasteiger partial charge in [-0.3, -0.25) is 4.55 Å². The minimum absolute atomic E-state index is 0. The van der Waals surface area contributed by atoms with Crippen molar-refractivity contribution in [3.63, 3.8) is 0 Å². The Kier molecular flexibility index (Phi) is 14.2. The summed E-state index contributed by atoms with van der Waals surface area (Å²) in [6.07, 6.45) is 13.3. The van der Waals surface area contributed by atoms with E-state index in [2.05, 4.69) is 6.92 Å². The maximum Gasteiger partial charge on any atom is 1.00 e. The van der Waals surface area contributed by atoms with Crippen LogP contribution >= 0.6 is 0 Å². The molecule has 0 saturated heterocycles. The first kappa shape index (κ1) is 29.0. The van der Waals surface area contributed by atoms with Crippen LogP contribution in [0.3, 0.4) is 0 Å². The van der Waals surface area contributed by atoms with Gasteiger partial charge in [0.1, 0.15) is 11.5 Å². The molecule has 0 aliphatic heterocycles. The number of hydrogen-bond acceptors (Lipinski definition) is 4. The smallest absolute Gasteiger partial charge is 0.872 e. The van der Waals surface area contributed by atoms with Crippen LogP contribution in [0, 0.1) is 0 Å². The molecule has 0 fully saturated rings. The minimum atomic E-state index is -4.64. The van der Waals surface area contributed by atoms with Crippen LogP contribution in [0.15, 0.2) is 47.4 Å². The van der Waals surface area contributed by atoms with Gasteiger partial charge in [-0.05, 0) is 31.0 Å². The summed E-state index contributed by atoms with van der Waals surface area (Å²) in [4.78, 5) is -0.562. The molecule has 172 valence electrons. The van der Waals surface area contributed by atoms with Crippen molar-refractivity contribution in [1.82, 2.24) is 0 Å². The second-order valence-electron chi connectivity index (χ2n) is 8.05. The van der Waals surface area contributed by atoms with Crippen molar-refractivity contribution < 1.29 is 52.4 Å². The molecule has 0 spiro atoms. The molecule has 7 heteroatoms. The molecule has 2 aromatic rings. The van der Waals surface area contributed by atoms with Gasteiger partial charge in [0.2, 0.25) is 0 Å². The fraction of sp³-hybridized carbons (Fsp3) is 0.520. The Bertz CT molecular complexity index is 885. The predicted octanol–water partition coefficient (Wildman–Crippen LogP) is 3.66. The van der Waals surface area contributed by atoms with Gasteiger partial charge in [0, 0.05) is 5.56 Å². The van der Waals surface area contributed by atoms with Gasteiger partial charge in [-0.2, -0.15) is 8.42 Å². The van der Waals surface area contributed by atoms with Gasteiger partial charge in [0.05, 0.1) is 4.90 Å². The van der Waals surface area contributed by atoms with E-state index in [1.807, 2.05) is 18.2 Å². The zero-order valence-corrected chi connectivity index (χ0v) is 22.3. The fourth-order valence-corrected chi connectivity index (χ4v) is 4.62. The van der Waals surface area contributed by atoms with Crippen molar-refractivity contribution in [2.45, 2.75) is 88.9 Å². The molecule has 2 rings (SSSR count). The third-order valence-corrected chi connectivity index (χ3v) is 6.40. The first-order valence-corrected chi connectivity index (χ1v) is 12.9. The normalized spacial score (nSPS) is 11.2. The Labute approximate surface area is 215 Å². The van der Waals surface area contributed by atoms with Crippen molar-refractivity contribution >= 4 is 10.1 Å². The fourth-order valence-electron chi connectivity index (χ4n) is 3.78. The van der Waals surface area contributed by atoms with E-state index in [4.69, 9.17) is 4.74 Å². The first-order chi connectivity index (χ1) is 14.9. The Morgan fingerprint density at radius 3 is 1.88 bits per heavy atom. The summed E-state index contributed by atoms with van der Waals surface area (Å²) in [5.74, 6) is 0.133. The Morgan fingerprint density at radius 1 is 0.812 bits per heavy atom. The average Bonchev–Trinajstić information content (AvgIpc) is 2.73. The van der Waals surface area contributed by atoms with Gasteiger partial charge in [0.25, 0.3) is 10.1 Å². The van der Waals surface area contributed by atoms with E-state index in [0.717, 1.165) is 31.7 Å². The molecule has 32 heavy (non-hydrogen) atoms. The summed E-state index contributed by atoms with van der Waals surface area (Å²) in [6, 6.07) is 11.6. The summed E-state index contributed by atoms with van der Waals surface area (Å²) in [5, 5.41) is 12.2. The van der Waals surface area contributed by atoms with Crippen LogP contribution < -0.4 is 39.4 Å². The van der Waals surface area contributed by atoms with Crippen LogP contribution in [-0.4, -0.2) is 13.0 Å². The molecule has 2 aromatic carbocycles. The molecule has 0 heterocycles. The van der Waals surface area contributed by atoms with Crippen LogP contribution in [0.25, 0.3) is 0 Å². The third kappa shape index (κ3) is 10.3. The average molecular weight is 471 g/mol. The minimum Gasteiger partial charge on any atom is -0.872 e. The van der Waals surface area contributed by atoms with Crippen molar-refractivity contribution in [3.8, 4) is 17.2 Å². The molecule has 0 bridgehead atoms. The van der Waals surface area contributed by atoms with Crippen LogP contribution in [0.1, 0.15) is 83.1 Å². The molecule has 0 saturated carbocycles. The first-order valence-electron chi connectivity index (χ1n) is 11.5. The number of unbranched alkanes of at least 4 members (excludes halogenated alkanes) is 10. The SMILES string of the molecule is CCCCCCCCCCCCCc1c(Oc2ccccc2)ccc([O-])c1S(=O)(=O)O.[Na+]. The van der Waals surface area contributed by atoms with Gasteiger partial charge < -0.3 is 9.84 Å². The number of rotatable bonds is 15. The quantitative estimate of drug-likeness (QED) is 0.244. The second-order valence-corrected chi connectivity index (χ2v) is 9.40. The molecule has 1 N–H and O–H groups in total. The zero-order chi connectivity index (χ0) is 22.5. The second kappa shape index (κ2) is 15.7. The molecule has 0 atom stereocenters. The molecular formula is C25H35NaO5S. The summed E-state index contributed by atoms with van der Waals surface area (Å²) in [6.45, 7) is 2.23. The van der Waals surface area contributed by atoms with Gasteiger partial charge in [-0.15, -0.1) is 0 Å². The molecule has 0 amide bonds. The van der Waals surface area contributed by atoms with Crippen LogP contribution in [0.4, 0.5) is 0 Å². The van der Waals surface area contributed by atoms with E-state index < -0.39 is 20.8 Å². The van der Waals surface area contributed by atoms with E-state index in [0.29, 0.717) is 17.9 Å². The molecular weight excluding hydrogens is 435 g/mol. The Hall–Kier alpha value is -1.05. The number of hydrogen-bond donors (Lipinski definition) is 1. The number of ether oxygens (including phenoxy) is 1. The summed E-state index contributed by atoms with van der Waals surface area (Å²) in [5.41, 5.74) is 0.259. The Balaban J connectivity index is 0.00000512. The standard InChI is InChI=1S/C25H36O5S.Na/c1-2-3-4-5-6-7-8-9-10-11-15-18-22-24(30-21-16-13-12-14-17-21)20-19-23(26)25(22)31(27,28)29;/h12-14,16-17,19-20,26H,2-11,15,18H2,1H3,(H,27,28,29);/q;+1/p-1. The molecule has 0 aliphatic rings. The van der Waals surface area contributed by atoms with Gasteiger partial charge >= 0.3 is 29.6 Å². The van der Waals surface area contributed by atoms with E-state index in [1.165, 1.54) is 51.0 Å². The predicted molar refractivity (Wildman–Crippen MR) is 122 cm³/mol. The number of para-hydroxylation sites is 1. The van der Waals surface area contributed by atoms with Gasteiger partial charge in [-0.25, -0.2) is 0 Å². The molecule has 0 unspecified atom stereocenters. The topological polar surface area (TPSA) is 86.7 Å². The molecule has 0 radical (unpaired) electrons. The van der Waals surface area contributed by atoms with Gasteiger partial charge in [0.15, 0.2) is 0 Å². The van der Waals surface area contributed by atoms with Crippen LogP contribution in [0.5, 0.6) is 17.2 Å². The molecule has 0 aromatic heterocycles. The maximum absolute atomic E-state index is 12.2. The largest absolute Gasteiger partial charge is 1.00 e. The van der Waals surface area contributed by atoms with Crippen LogP contribution in [-0.2, 0) is 16.5 Å². The van der Waals surface area contributed by atoms with Crippen molar-refractivity contribution in [2.24, 2.45) is 0 Å². The number of benzene rings is 2. The monoisotopic (exact) mass is 470 g/mol. The van der Waals surface area contributed by atoms with Crippen molar-refractivity contribution in [3.05, 3.63) is 48.0 Å². The summed E-state index contributed by atoms with van der Waals surface area (Å²) in [7, 11) is -4.64. The van der Waals surface area contributed by atoms with Crippen molar-refractivity contribution in [1.29, 1.82) is 0 Å². The van der Waals surface area contributed by atoms with E-state index >= 15 is 0 Å². The van der Waals surface area contributed by atoms with Gasteiger partial charge in [-0.1, -0.05) is 101 Å². The molecule has 0 aliphatic carbocycles. The van der Waals surface area contributed by atoms with E-state index in [-0.39, 0.29) is 35.1 Å². The zero-order valence-electron chi connectivity index (χ0n) is 19.5. The van der Waals surface area contributed by atoms with Crippen molar-refractivity contribution in [2.75, 3.05) is 0 Å². The summed E-state index contributed by atoms with van der Waals surface area (Å²) >= 11 is 0. The Morgan fingerprint density at radius 2 is 1.34 bits per heavy atom.